The number of carboxylic acid groups (broad SMARTS) is 1. The summed E-state index contributed by atoms with van der Waals surface area (Å²) in [5.41, 5.74) is 3.07. The lowest BCUT2D eigenvalue weighted by atomic mass is 9.99. The SMILES string of the molecule is Cc1cc(O)ccc1-c1ccc2c(C(=O)O)noc2c1. The molecule has 1 aromatic heterocycles. The zero-order valence-corrected chi connectivity index (χ0v) is 10.6. The Bertz CT molecular complexity index is 820. The molecular formula is C15H11NO4. The summed E-state index contributed by atoms with van der Waals surface area (Å²) >= 11 is 0. The summed E-state index contributed by atoms with van der Waals surface area (Å²) in [4.78, 5) is 11.0. The van der Waals surface area contributed by atoms with Gasteiger partial charge in [-0.25, -0.2) is 4.79 Å². The first kappa shape index (κ1) is 12.2. The number of phenolic OH excluding ortho intramolecular Hbond substituents is 1. The highest BCUT2D eigenvalue weighted by Crippen LogP contribution is 2.30. The Hall–Kier alpha value is -2.82. The van der Waals surface area contributed by atoms with Gasteiger partial charge in [-0.2, -0.15) is 0 Å². The second kappa shape index (κ2) is 4.38. The van der Waals surface area contributed by atoms with Crippen LogP contribution in [0.2, 0.25) is 0 Å². The van der Waals surface area contributed by atoms with E-state index in [1.165, 1.54) is 0 Å². The third-order valence-electron chi connectivity index (χ3n) is 3.20. The number of rotatable bonds is 2. The van der Waals surface area contributed by atoms with Crippen LogP contribution in [-0.2, 0) is 0 Å². The first-order valence-corrected chi connectivity index (χ1v) is 5.99. The molecule has 0 radical (unpaired) electrons. The lowest BCUT2D eigenvalue weighted by molar-refractivity contribution is 0.0688. The summed E-state index contributed by atoms with van der Waals surface area (Å²) < 4.78 is 5.06. The summed E-state index contributed by atoms with van der Waals surface area (Å²) in [6.07, 6.45) is 0. The molecule has 0 unspecified atom stereocenters. The highest BCUT2D eigenvalue weighted by molar-refractivity contribution is 6.01. The normalized spacial score (nSPS) is 10.8. The van der Waals surface area contributed by atoms with Crippen LogP contribution in [0.3, 0.4) is 0 Å². The number of hydrogen-bond donors (Lipinski definition) is 2. The van der Waals surface area contributed by atoms with Gasteiger partial charge in [0.1, 0.15) is 5.75 Å². The smallest absolute Gasteiger partial charge is 0.358 e. The number of nitrogens with zero attached hydrogens (tertiary/aromatic N) is 1. The topological polar surface area (TPSA) is 83.6 Å². The number of phenols is 1. The first-order valence-electron chi connectivity index (χ1n) is 5.99. The average molecular weight is 269 g/mol. The van der Waals surface area contributed by atoms with Crippen LogP contribution in [-0.4, -0.2) is 21.3 Å². The van der Waals surface area contributed by atoms with Crippen LogP contribution in [0.15, 0.2) is 40.9 Å². The number of carboxylic acids is 1. The molecule has 0 saturated heterocycles. The zero-order chi connectivity index (χ0) is 14.3. The maximum Gasteiger partial charge on any atom is 0.358 e. The molecule has 0 saturated carbocycles. The molecule has 2 N–H and O–H groups in total. The van der Waals surface area contributed by atoms with E-state index in [-0.39, 0.29) is 11.4 Å². The largest absolute Gasteiger partial charge is 0.508 e. The number of aromatic nitrogens is 1. The number of benzene rings is 2. The summed E-state index contributed by atoms with van der Waals surface area (Å²) in [5, 5.41) is 22.4. The summed E-state index contributed by atoms with van der Waals surface area (Å²) in [6, 6.07) is 10.3. The van der Waals surface area contributed by atoms with Crippen molar-refractivity contribution >= 4 is 16.9 Å². The molecule has 2 aromatic carbocycles. The standard InChI is InChI=1S/C15H11NO4/c1-8-6-10(17)3-5-11(8)9-2-4-12-13(7-9)20-16-14(12)15(18)19/h2-7,17H,1H3,(H,18,19). The van der Waals surface area contributed by atoms with Crippen molar-refractivity contribution in [1.82, 2.24) is 5.16 Å². The predicted molar refractivity (Wildman–Crippen MR) is 72.8 cm³/mol. The van der Waals surface area contributed by atoms with Gasteiger partial charge < -0.3 is 14.7 Å². The molecule has 0 bridgehead atoms. The third kappa shape index (κ3) is 1.89. The van der Waals surface area contributed by atoms with Crippen LogP contribution < -0.4 is 0 Å². The Balaban J connectivity index is 2.16. The molecule has 100 valence electrons. The minimum absolute atomic E-state index is 0.0889. The van der Waals surface area contributed by atoms with Crippen LogP contribution in [0.5, 0.6) is 5.75 Å². The third-order valence-corrected chi connectivity index (χ3v) is 3.20. The zero-order valence-electron chi connectivity index (χ0n) is 10.6. The number of aryl methyl sites for hydroxylation is 1. The molecule has 0 aliphatic carbocycles. The van der Waals surface area contributed by atoms with Crippen molar-refractivity contribution in [3.63, 3.8) is 0 Å². The predicted octanol–water partition coefficient (Wildman–Crippen LogP) is 3.21. The van der Waals surface area contributed by atoms with Crippen molar-refractivity contribution in [2.75, 3.05) is 0 Å². The first-order chi connectivity index (χ1) is 9.56. The fraction of sp³-hybridized carbons (Fsp3) is 0.0667. The van der Waals surface area contributed by atoms with Crippen molar-refractivity contribution in [2.24, 2.45) is 0 Å². The number of hydrogen-bond acceptors (Lipinski definition) is 4. The Labute approximate surface area is 114 Å². The second-order valence-corrected chi connectivity index (χ2v) is 4.55. The molecule has 0 amide bonds. The lowest BCUT2D eigenvalue weighted by Crippen LogP contribution is -1.96. The van der Waals surface area contributed by atoms with Crippen molar-refractivity contribution in [1.29, 1.82) is 0 Å². The van der Waals surface area contributed by atoms with Gasteiger partial charge in [0.2, 0.25) is 0 Å². The van der Waals surface area contributed by atoms with E-state index in [0.717, 1.165) is 16.7 Å². The monoisotopic (exact) mass is 269 g/mol. The van der Waals surface area contributed by atoms with E-state index in [2.05, 4.69) is 5.16 Å². The van der Waals surface area contributed by atoms with Gasteiger partial charge in [0.05, 0.1) is 5.39 Å². The molecule has 3 rings (SSSR count). The lowest BCUT2D eigenvalue weighted by Gasteiger charge is -2.06. The summed E-state index contributed by atoms with van der Waals surface area (Å²) in [7, 11) is 0. The van der Waals surface area contributed by atoms with Gasteiger partial charge in [0.15, 0.2) is 11.3 Å². The molecule has 5 nitrogen and oxygen atoms in total. The number of aromatic hydroxyl groups is 1. The van der Waals surface area contributed by atoms with Crippen LogP contribution in [0, 0.1) is 6.92 Å². The molecule has 20 heavy (non-hydrogen) atoms. The van der Waals surface area contributed by atoms with Crippen LogP contribution >= 0.6 is 0 Å². The average Bonchev–Trinajstić information content (AvgIpc) is 2.81. The molecular weight excluding hydrogens is 258 g/mol. The van der Waals surface area contributed by atoms with Gasteiger partial charge in [0, 0.05) is 0 Å². The van der Waals surface area contributed by atoms with E-state index in [1.54, 1.807) is 30.3 Å². The van der Waals surface area contributed by atoms with Gasteiger partial charge in [-0.05, 0) is 47.9 Å². The number of carbonyl (C=O) groups is 1. The van der Waals surface area contributed by atoms with E-state index >= 15 is 0 Å². The minimum Gasteiger partial charge on any atom is -0.508 e. The van der Waals surface area contributed by atoms with E-state index in [0.29, 0.717) is 11.0 Å². The van der Waals surface area contributed by atoms with Gasteiger partial charge in [-0.15, -0.1) is 0 Å². The van der Waals surface area contributed by atoms with Gasteiger partial charge in [0.25, 0.3) is 0 Å². The molecule has 3 aromatic rings. The molecule has 0 fully saturated rings. The highest BCUT2D eigenvalue weighted by Gasteiger charge is 2.15. The van der Waals surface area contributed by atoms with Crippen molar-refractivity contribution in [2.45, 2.75) is 6.92 Å². The molecule has 1 heterocycles. The Kier molecular flexibility index (Phi) is 2.68. The van der Waals surface area contributed by atoms with Crippen LogP contribution in [0.25, 0.3) is 22.1 Å². The fourth-order valence-electron chi connectivity index (χ4n) is 2.23. The molecule has 5 heteroatoms. The van der Waals surface area contributed by atoms with E-state index < -0.39 is 5.97 Å². The minimum atomic E-state index is -1.11. The van der Waals surface area contributed by atoms with E-state index in [4.69, 9.17) is 9.63 Å². The fourth-order valence-corrected chi connectivity index (χ4v) is 2.23. The summed E-state index contributed by atoms with van der Waals surface area (Å²) in [5.74, 6) is -0.905. The highest BCUT2D eigenvalue weighted by atomic mass is 16.5. The Morgan fingerprint density at radius 2 is 2.00 bits per heavy atom. The van der Waals surface area contributed by atoms with Crippen LogP contribution in [0.4, 0.5) is 0 Å². The number of aromatic carboxylic acids is 1. The molecule has 0 spiro atoms. The van der Waals surface area contributed by atoms with Crippen molar-refractivity contribution in [3.05, 3.63) is 47.7 Å². The van der Waals surface area contributed by atoms with Gasteiger partial charge >= 0.3 is 5.97 Å². The maximum atomic E-state index is 11.0. The number of fused-ring (bicyclic) bond motifs is 1. The second-order valence-electron chi connectivity index (χ2n) is 4.55. The van der Waals surface area contributed by atoms with Gasteiger partial charge in [-0.1, -0.05) is 17.3 Å². The van der Waals surface area contributed by atoms with E-state index in [9.17, 15) is 9.90 Å². The molecule has 0 aliphatic rings. The van der Waals surface area contributed by atoms with Crippen LogP contribution in [0.1, 0.15) is 16.1 Å². The van der Waals surface area contributed by atoms with E-state index in [1.807, 2.05) is 13.0 Å². The van der Waals surface area contributed by atoms with Crippen molar-refractivity contribution in [3.8, 4) is 16.9 Å². The van der Waals surface area contributed by atoms with Crippen molar-refractivity contribution < 1.29 is 19.5 Å². The summed E-state index contributed by atoms with van der Waals surface area (Å²) in [6.45, 7) is 1.89. The van der Waals surface area contributed by atoms with Gasteiger partial charge in [-0.3, -0.25) is 0 Å². The Morgan fingerprint density at radius 1 is 1.20 bits per heavy atom. The maximum absolute atomic E-state index is 11.0. The molecule has 0 aliphatic heterocycles. The quantitative estimate of drug-likeness (QED) is 0.746. The molecule has 0 atom stereocenters. The Morgan fingerprint density at radius 3 is 2.70 bits per heavy atom.